The van der Waals surface area contributed by atoms with Gasteiger partial charge in [0.1, 0.15) is 16.9 Å². The summed E-state index contributed by atoms with van der Waals surface area (Å²) in [5.74, 6) is 0.845. The molecular formula is C14H16BrNO. The summed E-state index contributed by atoms with van der Waals surface area (Å²) < 4.78 is 5.94. The van der Waals surface area contributed by atoms with E-state index >= 15 is 0 Å². The number of para-hydroxylation sites is 1. The number of hydrogen-bond donors (Lipinski definition) is 0. The number of alkyl halides is 1. The van der Waals surface area contributed by atoms with E-state index in [-0.39, 0.29) is 5.60 Å². The molecule has 1 aromatic heterocycles. The van der Waals surface area contributed by atoms with Crippen LogP contribution in [-0.4, -0.2) is 10.6 Å². The van der Waals surface area contributed by atoms with Crippen molar-refractivity contribution in [3.05, 3.63) is 36.0 Å². The fraction of sp³-hybridized carbons (Fsp3) is 0.357. The summed E-state index contributed by atoms with van der Waals surface area (Å²) in [5, 5.41) is 1.86. The molecule has 0 aliphatic heterocycles. The second kappa shape index (κ2) is 4.65. The van der Waals surface area contributed by atoms with Gasteiger partial charge in [0.05, 0.1) is 5.69 Å². The molecule has 0 unspecified atom stereocenters. The van der Waals surface area contributed by atoms with E-state index in [9.17, 15) is 0 Å². The van der Waals surface area contributed by atoms with Gasteiger partial charge in [-0.05, 0) is 32.9 Å². The Hall–Kier alpha value is -1.09. The van der Waals surface area contributed by atoms with Gasteiger partial charge in [-0.2, -0.15) is 0 Å². The summed E-state index contributed by atoms with van der Waals surface area (Å²) >= 11 is 3.43. The van der Waals surface area contributed by atoms with E-state index in [0.717, 1.165) is 27.7 Å². The van der Waals surface area contributed by atoms with E-state index in [1.807, 2.05) is 39.0 Å². The van der Waals surface area contributed by atoms with Gasteiger partial charge in [-0.1, -0.05) is 34.1 Å². The van der Waals surface area contributed by atoms with Crippen LogP contribution in [0.1, 0.15) is 26.5 Å². The standard InChI is InChI=1S/C14H16BrNO/c1-14(2,3)17-12-6-4-5-10-7-8-11(9-15)16-13(10)12/h4-8H,9H2,1-3H3. The van der Waals surface area contributed by atoms with Crippen molar-refractivity contribution in [3.63, 3.8) is 0 Å². The molecule has 2 nitrogen and oxygen atoms in total. The molecule has 0 saturated heterocycles. The molecule has 0 radical (unpaired) electrons. The Morgan fingerprint density at radius 1 is 1.18 bits per heavy atom. The summed E-state index contributed by atoms with van der Waals surface area (Å²) in [6.07, 6.45) is 0. The largest absolute Gasteiger partial charge is 0.486 e. The first-order chi connectivity index (χ1) is 7.99. The Morgan fingerprint density at radius 2 is 1.94 bits per heavy atom. The highest BCUT2D eigenvalue weighted by Crippen LogP contribution is 2.27. The second-order valence-corrected chi connectivity index (χ2v) is 5.54. The SMILES string of the molecule is CC(C)(C)Oc1cccc2ccc(CBr)nc12. The van der Waals surface area contributed by atoms with Crippen LogP contribution >= 0.6 is 15.9 Å². The molecule has 0 amide bonds. The van der Waals surface area contributed by atoms with Crippen LogP contribution in [0.2, 0.25) is 0 Å². The molecule has 0 spiro atoms. The van der Waals surface area contributed by atoms with Crippen LogP contribution in [0, 0.1) is 0 Å². The predicted octanol–water partition coefficient (Wildman–Crippen LogP) is 4.31. The summed E-state index contributed by atoms with van der Waals surface area (Å²) in [4.78, 5) is 4.61. The Kier molecular flexibility index (Phi) is 3.38. The predicted molar refractivity (Wildman–Crippen MR) is 74.8 cm³/mol. The minimum atomic E-state index is -0.208. The van der Waals surface area contributed by atoms with Crippen molar-refractivity contribution < 1.29 is 4.74 Å². The number of rotatable bonds is 2. The molecule has 0 N–H and O–H groups in total. The third-order valence-electron chi connectivity index (χ3n) is 2.29. The summed E-state index contributed by atoms with van der Waals surface area (Å²) in [6, 6.07) is 10.1. The van der Waals surface area contributed by atoms with Crippen LogP contribution in [-0.2, 0) is 5.33 Å². The van der Waals surface area contributed by atoms with Gasteiger partial charge in [0.2, 0.25) is 0 Å². The van der Waals surface area contributed by atoms with Gasteiger partial charge in [0, 0.05) is 10.7 Å². The van der Waals surface area contributed by atoms with E-state index in [2.05, 4.69) is 33.0 Å². The van der Waals surface area contributed by atoms with Gasteiger partial charge in [-0.15, -0.1) is 0 Å². The highest BCUT2D eigenvalue weighted by Gasteiger charge is 2.14. The van der Waals surface area contributed by atoms with E-state index in [0.29, 0.717) is 0 Å². The zero-order valence-electron chi connectivity index (χ0n) is 10.3. The molecule has 3 heteroatoms. The lowest BCUT2D eigenvalue weighted by Crippen LogP contribution is -2.23. The quantitative estimate of drug-likeness (QED) is 0.770. The topological polar surface area (TPSA) is 22.1 Å². The van der Waals surface area contributed by atoms with Crippen LogP contribution in [0.3, 0.4) is 0 Å². The van der Waals surface area contributed by atoms with E-state index in [4.69, 9.17) is 4.74 Å². The maximum absolute atomic E-state index is 5.94. The molecule has 0 atom stereocenters. The number of hydrogen-bond acceptors (Lipinski definition) is 2. The zero-order valence-corrected chi connectivity index (χ0v) is 11.9. The summed E-state index contributed by atoms with van der Waals surface area (Å²) in [7, 11) is 0. The molecule has 0 aliphatic carbocycles. The number of ether oxygens (including phenoxy) is 1. The average Bonchev–Trinajstić information content (AvgIpc) is 2.27. The lowest BCUT2D eigenvalue weighted by atomic mass is 10.1. The van der Waals surface area contributed by atoms with Crippen LogP contribution < -0.4 is 4.74 Å². The molecule has 17 heavy (non-hydrogen) atoms. The van der Waals surface area contributed by atoms with Crippen molar-refractivity contribution in [2.24, 2.45) is 0 Å². The highest BCUT2D eigenvalue weighted by molar-refractivity contribution is 9.08. The Labute approximate surface area is 110 Å². The van der Waals surface area contributed by atoms with Crippen LogP contribution in [0.25, 0.3) is 10.9 Å². The van der Waals surface area contributed by atoms with Gasteiger partial charge in [0.15, 0.2) is 0 Å². The first kappa shape index (κ1) is 12.4. The maximum atomic E-state index is 5.94. The molecule has 90 valence electrons. The smallest absolute Gasteiger partial charge is 0.146 e. The van der Waals surface area contributed by atoms with E-state index in [1.54, 1.807) is 0 Å². The van der Waals surface area contributed by atoms with Gasteiger partial charge in [-0.25, -0.2) is 4.98 Å². The normalized spacial score (nSPS) is 11.8. The molecule has 0 aliphatic rings. The molecule has 0 saturated carbocycles. The number of fused-ring (bicyclic) bond motifs is 1. The van der Waals surface area contributed by atoms with E-state index < -0.39 is 0 Å². The van der Waals surface area contributed by atoms with Crippen LogP contribution in [0.15, 0.2) is 30.3 Å². The Morgan fingerprint density at radius 3 is 2.59 bits per heavy atom. The summed E-state index contributed by atoms with van der Waals surface area (Å²) in [5.41, 5.74) is 1.74. The fourth-order valence-corrected chi connectivity index (χ4v) is 1.96. The minimum Gasteiger partial charge on any atom is -0.486 e. The van der Waals surface area contributed by atoms with E-state index in [1.165, 1.54) is 0 Å². The number of benzene rings is 1. The van der Waals surface area contributed by atoms with Crippen molar-refractivity contribution >= 4 is 26.8 Å². The number of halogens is 1. The van der Waals surface area contributed by atoms with Crippen molar-refractivity contribution in [1.29, 1.82) is 0 Å². The molecule has 2 rings (SSSR count). The number of pyridine rings is 1. The van der Waals surface area contributed by atoms with Gasteiger partial charge < -0.3 is 4.74 Å². The zero-order chi connectivity index (χ0) is 12.5. The molecule has 1 heterocycles. The average molecular weight is 294 g/mol. The molecule has 1 aromatic carbocycles. The number of aromatic nitrogens is 1. The van der Waals surface area contributed by atoms with Gasteiger partial charge in [0.25, 0.3) is 0 Å². The maximum Gasteiger partial charge on any atom is 0.146 e. The van der Waals surface area contributed by atoms with Gasteiger partial charge in [-0.3, -0.25) is 0 Å². The molecule has 0 bridgehead atoms. The van der Waals surface area contributed by atoms with Gasteiger partial charge >= 0.3 is 0 Å². The second-order valence-electron chi connectivity index (χ2n) is 4.98. The highest BCUT2D eigenvalue weighted by atomic mass is 79.9. The first-order valence-corrected chi connectivity index (χ1v) is 6.75. The lowest BCUT2D eigenvalue weighted by molar-refractivity contribution is 0.133. The number of nitrogens with zero attached hydrogens (tertiary/aromatic N) is 1. The molecular weight excluding hydrogens is 278 g/mol. The molecule has 2 aromatic rings. The fourth-order valence-electron chi connectivity index (χ4n) is 1.65. The van der Waals surface area contributed by atoms with Crippen molar-refractivity contribution in [3.8, 4) is 5.75 Å². The third-order valence-corrected chi connectivity index (χ3v) is 2.87. The molecule has 0 fully saturated rings. The first-order valence-electron chi connectivity index (χ1n) is 5.63. The Bertz CT molecular complexity index is 531. The lowest BCUT2D eigenvalue weighted by Gasteiger charge is -2.22. The van der Waals surface area contributed by atoms with Crippen LogP contribution in [0.4, 0.5) is 0 Å². The van der Waals surface area contributed by atoms with Crippen LogP contribution in [0.5, 0.6) is 5.75 Å². The minimum absolute atomic E-state index is 0.208. The van der Waals surface area contributed by atoms with Crippen molar-refractivity contribution in [1.82, 2.24) is 4.98 Å². The Balaban J connectivity index is 2.54. The third kappa shape index (κ3) is 2.97. The monoisotopic (exact) mass is 293 g/mol. The van der Waals surface area contributed by atoms with Crippen molar-refractivity contribution in [2.75, 3.05) is 0 Å². The van der Waals surface area contributed by atoms with Crippen molar-refractivity contribution in [2.45, 2.75) is 31.7 Å². The summed E-state index contributed by atoms with van der Waals surface area (Å²) in [6.45, 7) is 6.13.